The molecule has 0 bridgehead atoms. The van der Waals surface area contributed by atoms with E-state index in [-0.39, 0.29) is 12.8 Å². The van der Waals surface area contributed by atoms with Crippen LogP contribution >= 0.6 is 0 Å². The number of nitrogens with one attached hydrogen (secondary N) is 4. The average Bonchev–Trinajstić information content (AvgIpc) is 3.21. The Morgan fingerprint density at radius 1 is 0.972 bits per heavy atom. The molecule has 194 valence electrons. The summed E-state index contributed by atoms with van der Waals surface area (Å²) < 4.78 is 0. The number of hydrogen-bond acceptors (Lipinski definition) is 7. The van der Waals surface area contributed by atoms with Crippen LogP contribution in [0, 0.1) is 0 Å². The fourth-order valence-corrected chi connectivity index (χ4v) is 3.38. The first-order valence-electron chi connectivity index (χ1n) is 10.9. The van der Waals surface area contributed by atoms with Crippen LogP contribution in [0.4, 0.5) is 0 Å². The number of carbonyl (C=O) groups excluding carboxylic acids is 4. The fourth-order valence-electron chi connectivity index (χ4n) is 3.38. The second-order valence-corrected chi connectivity index (χ2v) is 8.01. The van der Waals surface area contributed by atoms with Gasteiger partial charge in [0.05, 0.1) is 19.0 Å². The van der Waals surface area contributed by atoms with Crippen molar-refractivity contribution in [1.29, 1.82) is 0 Å². The minimum Gasteiger partial charge on any atom is -0.481 e. The van der Waals surface area contributed by atoms with Gasteiger partial charge in [0.2, 0.25) is 23.6 Å². The minimum absolute atomic E-state index is 0.00284. The summed E-state index contributed by atoms with van der Waals surface area (Å²) in [6.45, 7) is -0.636. The SMILES string of the molecule is NC(=O)CC(N)C(=O)NC(Cc1c[nH]c2ccccc12)C(=O)NCC(=O)NC(CCC(=O)O)C(=O)O. The molecule has 36 heavy (non-hydrogen) atoms. The second kappa shape index (κ2) is 12.9. The predicted octanol–water partition coefficient (Wildman–Crippen LogP) is -2.05. The van der Waals surface area contributed by atoms with Crippen LogP contribution in [0.15, 0.2) is 30.5 Å². The second-order valence-electron chi connectivity index (χ2n) is 8.01. The number of aromatic nitrogens is 1. The van der Waals surface area contributed by atoms with Gasteiger partial charge in [-0.3, -0.25) is 24.0 Å². The van der Waals surface area contributed by atoms with E-state index >= 15 is 0 Å². The summed E-state index contributed by atoms with van der Waals surface area (Å²) >= 11 is 0. The normalized spacial score (nSPS) is 13.2. The average molecular weight is 505 g/mol. The molecule has 1 aromatic heterocycles. The summed E-state index contributed by atoms with van der Waals surface area (Å²) in [4.78, 5) is 73.6. The third-order valence-electron chi connectivity index (χ3n) is 5.19. The topological polar surface area (TPSA) is 247 Å². The smallest absolute Gasteiger partial charge is 0.326 e. The standard InChI is InChI=1S/C22H28N6O8/c23-13(8-17(24)29)20(33)28-16(7-11-9-25-14-4-2-1-3-12(11)14)21(34)26-10-18(30)27-15(22(35)36)5-6-19(31)32/h1-4,9,13,15-16,25H,5-8,10,23H2,(H2,24,29)(H,26,34)(H,27,30)(H,28,33)(H,31,32)(H,35,36). The maximum Gasteiger partial charge on any atom is 0.326 e. The summed E-state index contributed by atoms with van der Waals surface area (Å²) in [5.74, 6) is -5.91. The van der Waals surface area contributed by atoms with Gasteiger partial charge in [-0.25, -0.2) is 4.79 Å². The third-order valence-corrected chi connectivity index (χ3v) is 5.19. The Kier molecular flexibility index (Phi) is 9.92. The van der Waals surface area contributed by atoms with Gasteiger partial charge in [-0.1, -0.05) is 18.2 Å². The van der Waals surface area contributed by atoms with Gasteiger partial charge >= 0.3 is 11.9 Å². The lowest BCUT2D eigenvalue weighted by atomic mass is 10.0. The van der Waals surface area contributed by atoms with Crippen molar-refractivity contribution >= 4 is 46.5 Å². The lowest BCUT2D eigenvalue weighted by Gasteiger charge is -2.20. The van der Waals surface area contributed by atoms with Gasteiger partial charge < -0.3 is 42.6 Å². The molecule has 0 aliphatic carbocycles. The molecule has 0 saturated heterocycles. The number of primary amides is 1. The van der Waals surface area contributed by atoms with Gasteiger partial charge in [-0.2, -0.15) is 0 Å². The first-order chi connectivity index (χ1) is 17.0. The van der Waals surface area contributed by atoms with E-state index < -0.39 is 73.1 Å². The molecule has 2 rings (SSSR count). The lowest BCUT2D eigenvalue weighted by molar-refractivity contribution is -0.143. The van der Waals surface area contributed by atoms with Crippen LogP contribution in [-0.2, 0) is 35.2 Å². The van der Waals surface area contributed by atoms with E-state index in [9.17, 15) is 28.8 Å². The molecule has 4 amide bonds. The molecule has 0 saturated carbocycles. The van der Waals surface area contributed by atoms with E-state index in [1.807, 2.05) is 18.2 Å². The number of H-pyrrole nitrogens is 1. The highest BCUT2D eigenvalue weighted by Gasteiger charge is 2.27. The molecular formula is C22H28N6O8. The van der Waals surface area contributed by atoms with Crippen molar-refractivity contribution in [3.63, 3.8) is 0 Å². The number of hydrogen-bond donors (Lipinski definition) is 8. The van der Waals surface area contributed by atoms with Gasteiger partial charge in [0, 0.05) is 29.9 Å². The first-order valence-corrected chi connectivity index (χ1v) is 10.9. The maximum absolute atomic E-state index is 12.9. The number of benzene rings is 1. The van der Waals surface area contributed by atoms with E-state index in [0.29, 0.717) is 5.56 Å². The molecule has 0 spiro atoms. The van der Waals surface area contributed by atoms with E-state index in [1.54, 1.807) is 12.3 Å². The number of carbonyl (C=O) groups is 6. The molecule has 3 atom stereocenters. The summed E-state index contributed by atoms with van der Waals surface area (Å²) in [6.07, 6.45) is 0.397. The largest absolute Gasteiger partial charge is 0.481 e. The third kappa shape index (κ3) is 8.39. The van der Waals surface area contributed by atoms with Crippen molar-refractivity contribution in [2.24, 2.45) is 11.5 Å². The Morgan fingerprint density at radius 2 is 1.67 bits per heavy atom. The number of carboxylic acids is 2. The number of nitrogens with two attached hydrogens (primary N) is 2. The van der Waals surface area contributed by atoms with Crippen molar-refractivity contribution in [3.05, 3.63) is 36.0 Å². The first kappa shape index (κ1) is 27.8. The van der Waals surface area contributed by atoms with Gasteiger partial charge in [0.25, 0.3) is 0 Å². The van der Waals surface area contributed by atoms with E-state index in [2.05, 4.69) is 20.9 Å². The van der Waals surface area contributed by atoms with Crippen LogP contribution in [0.2, 0.25) is 0 Å². The quantitative estimate of drug-likeness (QED) is 0.141. The molecule has 10 N–H and O–H groups in total. The number of fused-ring (bicyclic) bond motifs is 1. The van der Waals surface area contributed by atoms with Gasteiger partial charge in [-0.05, 0) is 18.1 Å². The van der Waals surface area contributed by atoms with Crippen molar-refractivity contribution < 1.29 is 39.0 Å². The fraction of sp³-hybridized carbons (Fsp3) is 0.364. The molecule has 0 fully saturated rings. The zero-order valence-corrected chi connectivity index (χ0v) is 19.2. The van der Waals surface area contributed by atoms with E-state index in [1.165, 1.54) is 0 Å². The van der Waals surface area contributed by atoms with Crippen LogP contribution in [0.1, 0.15) is 24.8 Å². The summed E-state index contributed by atoms with van der Waals surface area (Å²) in [6, 6.07) is 3.29. The van der Waals surface area contributed by atoms with Crippen LogP contribution in [0.25, 0.3) is 10.9 Å². The number of para-hydroxylation sites is 1. The Labute approximate surface area is 204 Å². The highest BCUT2D eigenvalue weighted by Crippen LogP contribution is 2.19. The Balaban J connectivity index is 2.10. The van der Waals surface area contributed by atoms with Gasteiger partial charge in [-0.15, -0.1) is 0 Å². The summed E-state index contributed by atoms with van der Waals surface area (Å²) in [7, 11) is 0. The molecule has 0 radical (unpaired) electrons. The maximum atomic E-state index is 12.9. The molecule has 3 unspecified atom stereocenters. The van der Waals surface area contributed by atoms with Crippen molar-refractivity contribution in [1.82, 2.24) is 20.9 Å². The molecule has 14 nitrogen and oxygen atoms in total. The Hall–Kier alpha value is -4.46. The van der Waals surface area contributed by atoms with E-state index in [4.69, 9.17) is 21.7 Å². The monoisotopic (exact) mass is 504 g/mol. The predicted molar refractivity (Wildman–Crippen MR) is 125 cm³/mol. The number of amides is 4. The Morgan fingerprint density at radius 3 is 2.31 bits per heavy atom. The Bertz CT molecular complexity index is 1150. The van der Waals surface area contributed by atoms with Crippen molar-refractivity contribution in [2.75, 3.05) is 6.54 Å². The molecule has 1 aromatic carbocycles. The van der Waals surface area contributed by atoms with Crippen molar-refractivity contribution in [3.8, 4) is 0 Å². The molecular weight excluding hydrogens is 476 g/mol. The number of aromatic amines is 1. The van der Waals surface area contributed by atoms with Crippen LogP contribution < -0.4 is 27.4 Å². The summed E-state index contributed by atoms with van der Waals surface area (Å²) in [5.41, 5.74) is 12.2. The van der Waals surface area contributed by atoms with Gasteiger partial charge in [0.1, 0.15) is 12.1 Å². The van der Waals surface area contributed by atoms with Gasteiger partial charge in [0.15, 0.2) is 0 Å². The van der Waals surface area contributed by atoms with Crippen LogP contribution in [-0.4, -0.2) is 75.4 Å². The zero-order valence-electron chi connectivity index (χ0n) is 19.2. The molecule has 0 aliphatic rings. The highest BCUT2D eigenvalue weighted by atomic mass is 16.4. The van der Waals surface area contributed by atoms with Crippen LogP contribution in [0.3, 0.4) is 0 Å². The molecule has 2 aromatic rings. The molecule has 0 aliphatic heterocycles. The minimum atomic E-state index is -1.46. The number of aliphatic carboxylic acids is 2. The van der Waals surface area contributed by atoms with Crippen LogP contribution in [0.5, 0.6) is 0 Å². The summed E-state index contributed by atoms with van der Waals surface area (Å²) in [5, 5.41) is 25.6. The zero-order chi connectivity index (χ0) is 26.8. The number of rotatable bonds is 14. The van der Waals surface area contributed by atoms with E-state index in [0.717, 1.165) is 10.9 Å². The molecule has 14 heteroatoms. The van der Waals surface area contributed by atoms with Crippen molar-refractivity contribution in [2.45, 2.75) is 43.8 Å². The molecule has 1 heterocycles. The lowest BCUT2D eigenvalue weighted by Crippen LogP contribution is -2.54. The number of carboxylic acid groups (broad SMARTS) is 2. The highest BCUT2D eigenvalue weighted by molar-refractivity contribution is 5.94.